The van der Waals surface area contributed by atoms with Crippen molar-refractivity contribution in [3.63, 3.8) is 0 Å². The van der Waals surface area contributed by atoms with Crippen LogP contribution in [0, 0.1) is 11.6 Å². The number of ether oxygens (including phenoxy) is 2. The number of nitrogens with one attached hydrogen (secondary N) is 1. The molecule has 0 bridgehead atoms. The number of carbonyl (C=O) groups is 2. The summed E-state index contributed by atoms with van der Waals surface area (Å²) in [5.41, 5.74) is -0.222. The second kappa shape index (κ2) is 7.93. The first-order valence-electron chi connectivity index (χ1n) is 9.54. The van der Waals surface area contributed by atoms with Crippen LogP contribution in [0.1, 0.15) is 45.6 Å². The van der Waals surface area contributed by atoms with Crippen LogP contribution in [-0.4, -0.2) is 47.4 Å². The van der Waals surface area contributed by atoms with Crippen LogP contribution in [-0.2, 0) is 15.9 Å². The third-order valence-corrected chi connectivity index (χ3v) is 4.88. The van der Waals surface area contributed by atoms with Gasteiger partial charge in [-0.15, -0.1) is 0 Å². The number of benzene rings is 1. The summed E-state index contributed by atoms with van der Waals surface area (Å²) in [5.74, 6) is -1.35. The van der Waals surface area contributed by atoms with Crippen LogP contribution >= 0.6 is 0 Å². The number of piperidine rings is 1. The Morgan fingerprint density at radius 1 is 1.25 bits per heavy atom. The van der Waals surface area contributed by atoms with Crippen molar-refractivity contribution < 1.29 is 27.8 Å². The van der Waals surface area contributed by atoms with Crippen LogP contribution in [0.25, 0.3) is 0 Å². The Bertz CT molecular complexity index is 730. The number of carbonyl (C=O) groups excluding carboxylic acids is 2. The normalized spacial score (nSPS) is 25.2. The average Bonchev–Trinajstić information content (AvgIpc) is 2.92. The SMILES string of the molecule is CC(C)(C)OC(=O)N1CCCC[C@@H]1[C@H]1OC(=O)N[C@H]1Cc1cc(F)cc(F)c1. The van der Waals surface area contributed by atoms with Crippen molar-refractivity contribution in [2.24, 2.45) is 0 Å². The van der Waals surface area contributed by atoms with E-state index in [-0.39, 0.29) is 12.5 Å². The van der Waals surface area contributed by atoms with E-state index >= 15 is 0 Å². The van der Waals surface area contributed by atoms with Gasteiger partial charge in [-0.1, -0.05) is 0 Å². The zero-order valence-corrected chi connectivity index (χ0v) is 16.3. The van der Waals surface area contributed by atoms with E-state index in [1.54, 1.807) is 25.7 Å². The van der Waals surface area contributed by atoms with Gasteiger partial charge in [-0.05, 0) is 64.2 Å². The van der Waals surface area contributed by atoms with Crippen LogP contribution < -0.4 is 5.32 Å². The number of hydrogen-bond acceptors (Lipinski definition) is 4. The summed E-state index contributed by atoms with van der Waals surface area (Å²) in [4.78, 5) is 26.2. The molecule has 0 aromatic heterocycles. The highest BCUT2D eigenvalue weighted by molar-refractivity contribution is 5.72. The topological polar surface area (TPSA) is 67.9 Å². The van der Waals surface area contributed by atoms with E-state index in [2.05, 4.69) is 5.32 Å². The zero-order valence-electron chi connectivity index (χ0n) is 16.3. The number of likely N-dealkylation sites (tertiary alicyclic amines) is 1. The van der Waals surface area contributed by atoms with Gasteiger partial charge in [0.25, 0.3) is 0 Å². The van der Waals surface area contributed by atoms with E-state index < -0.39 is 41.6 Å². The highest BCUT2D eigenvalue weighted by Gasteiger charge is 2.45. The second-order valence-corrected chi connectivity index (χ2v) is 8.34. The lowest BCUT2D eigenvalue weighted by molar-refractivity contribution is -0.0156. The number of hydrogen-bond donors (Lipinski definition) is 1. The average molecular weight is 396 g/mol. The molecule has 1 N–H and O–H groups in total. The van der Waals surface area contributed by atoms with Crippen LogP contribution in [0.4, 0.5) is 18.4 Å². The Labute approximate surface area is 163 Å². The molecule has 0 spiro atoms. The molecule has 0 radical (unpaired) electrons. The number of alkyl carbamates (subject to hydrolysis) is 1. The van der Waals surface area contributed by atoms with Gasteiger partial charge in [0.1, 0.15) is 23.3 Å². The molecule has 2 heterocycles. The van der Waals surface area contributed by atoms with Gasteiger partial charge < -0.3 is 19.7 Å². The molecule has 6 nitrogen and oxygen atoms in total. The van der Waals surface area contributed by atoms with Gasteiger partial charge in [0.05, 0.1) is 12.1 Å². The molecule has 2 saturated heterocycles. The van der Waals surface area contributed by atoms with Crippen molar-refractivity contribution in [3.8, 4) is 0 Å². The van der Waals surface area contributed by atoms with E-state index in [1.165, 1.54) is 12.1 Å². The van der Waals surface area contributed by atoms with E-state index in [0.29, 0.717) is 18.5 Å². The molecule has 0 aliphatic carbocycles. The molecule has 2 aliphatic heterocycles. The summed E-state index contributed by atoms with van der Waals surface area (Å²) < 4.78 is 38.0. The molecule has 3 rings (SSSR count). The molecule has 8 heteroatoms. The van der Waals surface area contributed by atoms with Gasteiger partial charge >= 0.3 is 12.2 Å². The third-order valence-electron chi connectivity index (χ3n) is 4.88. The van der Waals surface area contributed by atoms with Crippen molar-refractivity contribution in [2.45, 2.75) is 70.2 Å². The van der Waals surface area contributed by atoms with Gasteiger partial charge in [-0.2, -0.15) is 0 Å². The number of rotatable bonds is 3. The molecule has 1 aromatic rings. The van der Waals surface area contributed by atoms with Crippen LogP contribution in [0.3, 0.4) is 0 Å². The molecular weight excluding hydrogens is 370 g/mol. The molecule has 2 fully saturated rings. The van der Waals surface area contributed by atoms with E-state index in [4.69, 9.17) is 9.47 Å². The third kappa shape index (κ3) is 4.91. The maximum atomic E-state index is 13.5. The molecule has 2 amide bonds. The standard InChI is InChI=1S/C20H26F2N2O4/c1-20(2,3)28-19(26)24-7-5-4-6-16(24)17-15(23-18(25)27-17)10-12-8-13(21)11-14(22)9-12/h8-9,11,15-17H,4-7,10H2,1-3H3,(H,23,25)/t15-,16+,17-/m0/s1. The van der Waals surface area contributed by atoms with Crippen molar-refractivity contribution in [3.05, 3.63) is 35.4 Å². The van der Waals surface area contributed by atoms with Gasteiger partial charge in [0.2, 0.25) is 0 Å². The molecule has 0 unspecified atom stereocenters. The maximum Gasteiger partial charge on any atom is 0.410 e. The van der Waals surface area contributed by atoms with Crippen LogP contribution in [0.5, 0.6) is 0 Å². The van der Waals surface area contributed by atoms with Gasteiger partial charge in [-0.25, -0.2) is 18.4 Å². The first kappa shape index (κ1) is 20.4. The fourth-order valence-corrected chi connectivity index (χ4v) is 3.82. The predicted molar refractivity (Wildman–Crippen MR) is 97.8 cm³/mol. The lowest BCUT2D eigenvalue weighted by atomic mass is 9.90. The minimum absolute atomic E-state index is 0.198. The molecule has 0 saturated carbocycles. The fourth-order valence-electron chi connectivity index (χ4n) is 3.82. The van der Waals surface area contributed by atoms with Crippen molar-refractivity contribution in [2.75, 3.05) is 6.54 Å². The van der Waals surface area contributed by atoms with Gasteiger partial charge in [0, 0.05) is 12.6 Å². The Morgan fingerprint density at radius 2 is 1.93 bits per heavy atom. The fraction of sp³-hybridized carbons (Fsp3) is 0.600. The minimum Gasteiger partial charge on any atom is -0.444 e. The van der Waals surface area contributed by atoms with E-state index in [0.717, 1.165) is 18.9 Å². The molecular formula is C20H26F2N2O4. The highest BCUT2D eigenvalue weighted by atomic mass is 19.1. The molecule has 3 atom stereocenters. The highest BCUT2D eigenvalue weighted by Crippen LogP contribution is 2.29. The summed E-state index contributed by atoms with van der Waals surface area (Å²) in [6, 6.07) is 2.41. The Hall–Kier alpha value is -2.38. The monoisotopic (exact) mass is 396 g/mol. The van der Waals surface area contributed by atoms with Crippen LogP contribution in [0.2, 0.25) is 0 Å². The minimum atomic E-state index is -0.676. The summed E-state index contributed by atoms with van der Waals surface area (Å²) in [6.07, 6.45) is 0.920. The molecule has 28 heavy (non-hydrogen) atoms. The van der Waals surface area contributed by atoms with Crippen LogP contribution in [0.15, 0.2) is 18.2 Å². The first-order chi connectivity index (χ1) is 13.1. The number of cyclic esters (lactones) is 1. The first-order valence-corrected chi connectivity index (χ1v) is 9.54. The van der Waals surface area contributed by atoms with E-state index in [9.17, 15) is 18.4 Å². The quantitative estimate of drug-likeness (QED) is 0.845. The summed E-state index contributed by atoms with van der Waals surface area (Å²) in [6.45, 7) is 5.89. The summed E-state index contributed by atoms with van der Waals surface area (Å²) in [5, 5.41) is 2.71. The largest absolute Gasteiger partial charge is 0.444 e. The lowest BCUT2D eigenvalue weighted by Gasteiger charge is -2.40. The lowest BCUT2D eigenvalue weighted by Crippen LogP contribution is -2.54. The van der Waals surface area contributed by atoms with Gasteiger partial charge in [0.15, 0.2) is 0 Å². The predicted octanol–water partition coefficient (Wildman–Crippen LogP) is 3.77. The summed E-state index contributed by atoms with van der Waals surface area (Å²) >= 11 is 0. The number of halogens is 2. The van der Waals surface area contributed by atoms with Crippen molar-refractivity contribution >= 4 is 12.2 Å². The molecule has 154 valence electrons. The van der Waals surface area contributed by atoms with Crippen molar-refractivity contribution in [1.29, 1.82) is 0 Å². The zero-order chi connectivity index (χ0) is 20.5. The summed E-state index contributed by atoms with van der Waals surface area (Å²) in [7, 11) is 0. The smallest absolute Gasteiger partial charge is 0.410 e. The number of amides is 2. The molecule has 1 aromatic carbocycles. The Kier molecular flexibility index (Phi) is 5.76. The van der Waals surface area contributed by atoms with Gasteiger partial charge in [-0.3, -0.25) is 0 Å². The second-order valence-electron chi connectivity index (χ2n) is 8.34. The Morgan fingerprint density at radius 3 is 2.57 bits per heavy atom. The van der Waals surface area contributed by atoms with Crippen molar-refractivity contribution in [1.82, 2.24) is 10.2 Å². The molecule has 2 aliphatic rings. The van der Waals surface area contributed by atoms with E-state index in [1.807, 2.05) is 0 Å². The Balaban J connectivity index is 1.79. The maximum absolute atomic E-state index is 13.5. The number of nitrogens with zero attached hydrogens (tertiary/aromatic N) is 1.